The Bertz CT molecular complexity index is 788. The molecule has 24 heavy (non-hydrogen) atoms. The topological polar surface area (TPSA) is 62.3 Å². The zero-order valence-electron chi connectivity index (χ0n) is 13.5. The van der Waals surface area contributed by atoms with Gasteiger partial charge in [0.2, 0.25) is 11.8 Å². The first-order valence-electron chi connectivity index (χ1n) is 7.78. The van der Waals surface area contributed by atoms with Gasteiger partial charge < -0.3 is 10.2 Å². The molecule has 1 aromatic carbocycles. The summed E-state index contributed by atoms with van der Waals surface area (Å²) in [4.78, 5) is 29.9. The fourth-order valence-corrected chi connectivity index (χ4v) is 3.32. The summed E-state index contributed by atoms with van der Waals surface area (Å²) in [6.45, 7) is 4.08. The summed E-state index contributed by atoms with van der Waals surface area (Å²) < 4.78 is 14.0. The molecule has 0 unspecified atom stereocenters. The monoisotopic (exact) mass is 347 g/mol. The number of benzene rings is 1. The highest BCUT2D eigenvalue weighted by Gasteiger charge is 2.28. The number of hydrogen-bond acceptors (Lipinski definition) is 4. The van der Waals surface area contributed by atoms with Gasteiger partial charge in [-0.05, 0) is 18.1 Å². The van der Waals surface area contributed by atoms with Gasteiger partial charge in [0.15, 0.2) is 5.13 Å². The number of amides is 2. The van der Waals surface area contributed by atoms with Crippen LogP contribution >= 0.6 is 11.3 Å². The van der Waals surface area contributed by atoms with Gasteiger partial charge in [0.1, 0.15) is 5.82 Å². The summed E-state index contributed by atoms with van der Waals surface area (Å²) in [5.41, 5.74) is 1.81. The highest BCUT2D eigenvalue weighted by atomic mass is 32.1. The molecule has 0 saturated heterocycles. The second-order valence-electron chi connectivity index (χ2n) is 6.01. The van der Waals surface area contributed by atoms with Gasteiger partial charge in [-0.2, -0.15) is 0 Å². The number of hydrogen-bond donors (Lipinski definition) is 1. The molecule has 1 aromatic heterocycles. The van der Waals surface area contributed by atoms with Crippen LogP contribution in [0.4, 0.5) is 15.2 Å². The van der Waals surface area contributed by atoms with Crippen LogP contribution in [0.3, 0.4) is 0 Å². The SMILES string of the molecule is CC(C)C(=O)Nc1nc(CC(=O)N2CCc3cccc(F)c32)cs1. The third kappa shape index (κ3) is 3.31. The minimum atomic E-state index is -0.374. The Labute approximate surface area is 143 Å². The van der Waals surface area contributed by atoms with Gasteiger partial charge in [-0.25, -0.2) is 9.37 Å². The van der Waals surface area contributed by atoms with E-state index in [4.69, 9.17) is 0 Å². The fourth-order valence-electron chi connectivity index (χ4n) is 2.60. The first-order chi connectivity index (χ1) is 11.5. The Morgan fingerprint density at radius 2 is 2.21 bits per heavy atom. The zero-order valence-corrected chi connectivity index (χ0v) is 14.3. The lowest BCUT2D eigenvalue weighted by molar-refractivity contribution is -0.119. The Morgan fingerprint density at radius 3 is 2.96 bits per heavy atom. The van der Waals surface area contributed by atoms with Crippen LogP contribution in [0.25, 0.3) is 0 Å². The lowest BCUT2D eigenvalue weighted by Gasteiger charge is -2.17. The van der Waals surface area contributed by atoms with Gasteiger partial charge >= 0.3 is 0 Å². The van der Waals surface area contributed by atoms with Crippen LogP contribution in [-0.4, -0.2) is 23.3 Å². The van der Waals surface area contributed by atoms with Crippen LogP contribution in [0.1, 0.15) is 25.1 Å². The van der Waals surface area contributed by atoms with Crippen molar-refractivity contribution in [3.8, 4) is 0 Å². The smallest absolute Gasteiger partial charge is 0.233 e. The number of aromatic nitrogens is 1. The number of fused-ring (bicyclic) bond motifs is 1. The van der Waals surface area contributed by atoms with E-state index in [1.54, 1.807) is 25.3 Å². The minimum absolute atomic E-state index is 0.0851. The predicted octanol–water partition coefficient (Wildman–Crippen LogP) is 3.01. The number of rotatable bonds is 4. The number of para-hydroxylation sites is 1. The third-order valence-corrected chi connectivity index (χ3v) is 4.69. The normalized spacial score (nSPS) is 13.2. The van der Waals surface area contributed by atoms with Crippen molar-refractivity contribution >= 4 is 34.0 Å². The van der Waals surface area contributed by atoms with Gasteiger partial charge in [-0.1, -0.05) is 26.0 Å². The summed E-state index contributed by atoms with van der Waals surface area (Å²) in [5.74, 6) is -0.812. The summed E-state index contributed by atoms with van der Waals surface area (Å²) in [6.07, 6.45) is 0.743. The molecule has 0 atom stereocenters. The van der Waals surface area contributed by atoms with Crippen molar-refractivity contribution < 1.29 is 14.0 Å². The van der Waals surface area contributed by atoms with Gasteiger partial charge in [0.25, 0.3) is 0 Å². The lowest BCUT2D eigenvalue weighted by atomic mass is 10.1. The van der Waals surface area contributed by atoms with Crippen molar-refractivity contribution in [2.45, 2.75) is 26.7 Å². The molecule has 2 amide bonds. The molecule has 0 bridgehead atoms. The van der Waals surface area contributed by atoms with Crippen LogP contribution in [-0.2, 0) is 22.4 Å². The van der Waals surface area contributed by atoms with Gasteiger partial charge in [-0.15, -0.1) is 11.3 Å². The average Bonchev–Trinajstić information content (AvgIpc) is 3.14. The summed E-state index contributed by atoms with van der Waals surface area (Å²) in [7, 11) is 0. The molecule has 0 radical (unpaired) electrons. The Balaban J connectivity index is 1.69. The Kier molecular flexibility index (Phi) is 4.62. The third-order valence-electron chi connectivity index (χ3n) is 3.88. The van der Waals surface area contributed by atoms with Crippen LogP contribution in [0.15, 0.2) is 23.6 Å². The second-order valence-corrected chi connectivity index (χ2v) is 6.87. The van der Waals surface area contributed by atoms with E-state index in [1.165, 1.54) is 22.3 Å². The molecule has 0 saturated carbocycles. The number of anilines is 2. The number of nitrogens with one attached hydrogen (secondary N) is 1. The van der Waals surface area contributed by atoms with Crippen LogP contribution in [0.5, 0.6) is 0 Å². The van der Waals surface area contributed by atoms with Crippen molar-refractivity contribution in [3.05, 3.63) is 40.7 Å². The van der Waals surface area contributed by atoms with E-state index in [0.29, 0.717) is 29.5 Å². The first-order valence-corrected chi connectivity index (χ1v) is 8.66. The quantitative estimate of drug-likeness (QED) is 0.925. The van der Waals surface area contributed by atoms with Gasteiger partial charge in [-0.3, -0.25) is 9.59 Å². The molecule has 0 spiro atoms. The maximum Gasteiger partial charge on any atom is 0.233 e. The minimum Gasteiger partial charge on any atom is -0.309 e. The van der Waals surface area contributed by atoms with E-state index in [-0.39, 0.29) is 30.0 Å². The maximum absolute atomic E-state index is 14.0. The number of nitrogens with zero attached hydrogens (tertiary/aromatic N) is 2. The van der Waals surface area contributed by atoms with Crippen LogP contribution in [0.2, 0.25) is 0 Å². The van der Waals surface area contributed by atoms with E-state index in [0.717, 1.165) is 5.56 Å². The number of thiazole rings is 1. The molecule has 1 aliphatic heterocycles. The zero-order chi connectivity index (χ0) is 17.3. The first kappa shape index (κ1) is 16.6. The molecule has 126 valence electrons. The van der Waals surface area contributed by atoms with E-state index < -0.39 is 0 Å². The lowest BCUT2D eigenvalue weighted by Crippen LogP contribution is -2.31. The number of carbonyl (C=O) groups is 2. The van der Waals surface area contributed by atoms with Gasteiger partial charge in [0, 0.05) is 17.8 Å². The Morgan fingerprint density at radius 1 is 1.42 bits per heavy atom. The van der Waals surface area contributed by atoms with Crippen LogP contribution in [0, 0.1) is 11.7 Å². The van der Waals surface area contributed by atoms with E-state index >= 15 is 0 Å². The van der Waals surface area contributed by atoms with E-state index in [1.807, 2.05) is 6.07 Å². The van der Waals surface area contributed by atoms with Crippen molar-refractivity contribution in [3.63, 3.8) is 0 Å². The molecular formula is C17H18FN3O2S. The van der Waals surface area contributed by atoms with Crippen molar-refractivity contribution in [2.75, 3.05) is 16.8 Å². The molecule has 1 aliphatic rings. The van der Waals surface area contributed by atoms with Crippen LogP contribution < -0.4 is 10.2 Å². The maximum atomic E-state index is 14.0. The highest BCUT2D eigenvalue weighted by Crippen LogP contribution is 2.31. The number of halogens is 1. The predicted molar refractivity (Wildman–Crippen MR) is 91.7 cm³/mol. The molecule has 1 N–H and O–H groups in total. The second kappa shape index (κ2) is 6.68. The molecule has 7 heteroatoms. The van der Waals surface area contributed by atoms with Crippen molar-refractivity contribution in [1.29, 1.82) is 0 Å². The summed E-state index contributed by atoms with van der Waals surface area (Å²) in [6, 6.07) is 4.87. The summed E-state index contributed by atoms with van der Waals surface area (Å²) >= 11 is 1.28. The fraction of sp³-hybridized carbons (Fsp3) is 0.353. The molecule has 5 nitrogen and oxygen atoms in total. The molecule has 3 rings (SSSR count). The van der Waals surface area contributed by atoms with Crippen molar-refractivity contribution in [1.82, 2.24) is 4.98 Å². The van der Waals surface area contributed by atoms with E-state index in [9.17, 15) is 14.0 Å². The standard InChI is InChI=1S/C17H18FN3O2S/c1-10(2)16(23)20-17-19-12(9-24-17)8-14(22)21-7-6-11-4-3-5-13(18)15(11)21/h3-5,9-10H,6-8H2,1-2H3,(H,19,20,23). The average molecular weight is 347 g/mol. The van der Waals surface area contributed by atoms with E-state index in [2.05, 4.69) is 10.3 Å². The molecule has 0 aliphatic carbocycles. The molecule has 2 heterocycles. The Hall–Kier alpha value is -2.28. The number of carbonyl (C=O) groups excluding carboxylic acids is 2. The molecular weight excluding hydrogens is 329 g/mol. The van der Waals surface area contributed by atoms with Gasteiger partial charge in [0.05, 0.1) is 17.8 Å². The summed E-state index contributed by atoms with van der Waals surface area (Å²) in [5, 5.41) is 4.93. The highest BCUT2D eigenvalue weighted by molar-refractivity contribution is 7.13. The molecule has 2 aromatic rings. The van der Waals surface area contributed by atoms with Crippen molar-refractivity contribution in [2.24, 2.45) is 5.92 Å². The largest absolute Gasteiger partial charge is 0.309 e. The molecule has 0 fully saturated rings.